The molecule has 2 rings (SSSR count). The number of H-pyrrole nitrogens is 1. The van der Waals surface area contributed by atoms with Gasteiger partial charge in [0.15, 0.2) is 5.16 Å². The number of rotatable bonds is 5. The van der Waals surface area contributed by atoms with Gasteiger partial charge in [0, 0.05) is 30.9 Å². The van der Waals surface area contributed by atoms with Crippen molar-refractivity contribution in [2.75, 3.05) is 11.5 Å². The fraction of sp³-hybridized carbons (Fsp3) is 0.333. The van der Waals surface area contributed by atoms with Crippen molar-refractivity contribution in [1.29, 1.82) is 0 Å². The van der Waals surface area contributed by atoms with Gasteiger partial charge in [0.05, 0.1) is 0 Å². The van der Waals surface area contributed by atoms with Gasteiger partial charge in [-0.2, -0.15) is 5.10 Å². The highest BCUT2D eigenvalue weighted by molar-refractivity contribution is 7.99. The topological polar surface area (TPSA) is 72.5 Å². The first-order valence-electron chi connectivity index (χ1n) is 4.76. The predicted molar refractivity (Wildman–Crippen MR) is 60.6 cm³/mol. The molecule has 5 nitrogen and oxygen atoms in total. The average molecular weight is 223 g/mol. The van der Waals surface area contributed by atoms with Crippen molar-refractivity contribution in [1.82, 2.24) is 19.7 Å². The summed E-state index contributed by atoms with van der Waals surface area (Å²) in [7, 11) is 0. The van der Waals surface area contributed by atoms with Gasteiger partial charge < -0.3 is 10.7 Å². The zero-order chi connectivity index (χ0) is 10.5. The lowest BCUT2D eigenvalue weighted by atomic mass is 10.5. The number of hydrogen-bond acceptors (Lipinski definition) is 4. The van der Waals surface area contributed by atoms with Gasteiger partial charge in [-0.05, 0) is 12.5 Å². The molecular formula is C9H13N5S. The molecule has 0 aliphatic rings. The van der Waals surface area contributed by atoms with Crippen LogP contribution < -0.4 is 5.73 Å². The van der Waals surface area contributed by atoms with Crippen LogP contribution in [-0.2, 0) is 6.54 Å². The van der Waals surface area contributed by atoms with Gasteiger partial charge in [-0.25, -0.2) is 4.98 Å². The summed E-state index contributed by atoms with van der Waals surface area (Å²) in [5.41, 5.74) is 5.51. The first kappa shape index (κ1) is 10.1. The summed E-state index contributed by atoms with van der Waals surface area (Å²) < 4.78 is 1.86. The van der Waals surface area contributed by atoms with E-state index in [0.29, 0.717) is 5.82 Å². The van der Waals surface area contributed by atoms with Crippen molar-refractivity contribution in [3.8, 4) is 0 Å². The molecule has 0 saturated carbocycles. The Balaban J connectivity index is 1.67. The van der Waals surface area contributed by atoms with Crippen molar-refractivity contribution >= 4 is 17.6 Å². The Labute approximate surface area is 92.1 Å². The van der Waals surface area contributed by atoms with Crippen LogP contribution in [0.5, 0.6) is 0 Å². The van der Waals surface area contributed by atoms with Crippen molar-refractivity contribution in [2.24, 2.45) is 0 Å². The van der Waals surface area contributed by atoms with Gasteiger partial charge in [-0.3, -0.25) is 4.68 Å². The highest BCUT2D eigenvalue weighted by Gasteiger charge is 1.97. The van der Waals surface area contributed by atoms with Crippen molar-refractivity contribution in [3.63, 3.8) is 0 Å². The predicted octanol–water partition coefficient (Wildman–Crippen LogP) is 1.37. The number of imidazole rings is 1. The molecule has 2 aromatic rings. The fourth-order valence-electron chi connectivity index (χ4n) is 1.23. The highest BCUT2D eigenvalue weighted by Crippen LogP contribution is 2.12. The minimum Gasteiger partial charge on any atom is -0.382 e. The second kappa shape index (κ2) is 4.88. The maximum absolute atomic E-state index is 5.51. The van der Waals surface area contributed by atoms with Crippen LogP contribution in [0.15, 0.2) is 29.8 Å². The number of anilines is 1. The highest BCUT2D eigenvalue weighted by atomic mass is 32.2. The number of aryl methyl sites for hydroxylation is 1. The zero-order valence-corrected chi connectivity index (χ0v) is 9.07. The van der Waals surface area contributed by atoms with E-state index in [4.69, 9.17) is 5.73 Å². The number of nitrogens with two attached hydrogens (primary N) is 1. The number of thioether (sulfide) groups is 1. The second-order valence-electron chi connectivity index (χ2n) is 3.10. The molecule has 3 N–H and O–H groups in total. The van der Waals surface area contributed by atoms with Gasteiger partial charge in [0.1, 0.15) is 5.82 Å². The molecule has 0 aliphatic carbocycles. The van der Waals surface area contributed by atoms with Crippen LogP contribution in [0.4, 0.5) is 5.82 Å². The van der Waals surface area contributed by atoms with E-state index < -0.39 is 0 Å². The first-order valence-corrected chi connectivity index (χ1v) is 5.74. The van der Waals surface area contributed by atoms with Crippen molar-refractivity contribution in [2.45, 2.75) is 18.1 Å². The molecule has 80 valence electrons. The number of nitrogens with one attached hydrogen (secondary N) is 1. The summed E-state index contributed by atoms with van der Waals surface area (Å²) in [5.74, 6) is 1.60. The maximum Gasteiger partial charge on any atom is 0.165 e. The minimum absolute atomic E-state index is 0.577. The lowest BCUT2D eigenvalue weighted by molar-refractivity contribution is 0.608. The summed E-state index contributed by atoms with van der Waals surface area (Å²) in [6.45, 7) is 0.894. The standard InChI is InChI=1S/C9H13N5S/c10-8-2-6-14(13-8)5-1-7-15-9-11-3-4-12-9/h2-4,6H,1,5,7H2,(H2,10,13)(H,11,12). The molecule has 0 fully saturated rings. The largest absolute Gasteiger partial charge is 0.382 e. The van der Waals surface area contributed by atoms with E-state index in [9.17, 15) is 0 Å². The minimum atomic E-state index is 0.577. The summed E-state index contributed by atoms with van der Waals surface area (Å²) in [5, 5.41) is 5.07. The fourth-order valence-corrected chi connectivity index (χ4v) is 1.98. The van der Waals surface area contributed by atoms with Crippen LogP contribution in [0.2, 0.25) is 0 Å². The summed E-state index contributed by atoms with van der Waals surface area (Å²) in [4.78, 5) is 7.18. The van der Waals surface area contributed by atoms with E-state index in [1.165, 1.54) is 0 Å². The Hall–Kier alpha value is -1.43. The van der Waals surface area contributed by atoms with Gasteiger partial charge in [0.25, 0.3) is 0 Å². The van der Waals surface area contributed by atoms with Gasteiger partial charge in [0.2, 0.25) is 0 Å². The molecule has 0 bridgehead atoms. The Bertz CT molecular complexity index is 394. The molecule has 2 aromatic heterocycles. The molecule has 0 radical (unpaired) electrons. The third kappa shape index (κ3) is 3.02. The molecule has 0 atom stereocenters. The smallest absolute Gasteiger partial charge is 0.165 e. The molecular weight excluding hydrogens is 210 g/mol. The lowest BCUT2D eigenvalue weighted by Crippen LogP contribution is -2.00. The Morgan fingerprint density at radius 2 is 2.47 bits per heavy atom. The van der Waals surface area contributed by atoms with E-state index in [2.05, 4.69) is 15.1 Å². The maximum atomic E-state index is 5.51. The van der Waals surface area contributed by atoms with Crippen molar-refractivity contribution < 1.29 is 0 Å². The summed E-state index contributed by atoms with van der Waals surface area (Å²) in [6, 6.07) is 1.81. The Morgan fingerprint density at radius 1 is 1.53 bits per heavy atom. The molecule has 0 unspecified atom stereocenters. The summed E-state index contributed by atoms with van der Waals surface area (Å²) in [6.07, 6.45) is 6.53. The molecule has 6 heteroatoms. The second-order valence-corrected chi connectivity index (χ2v) is 4.18. The van der Waals surface area contributed by atoms with E-state index in [1.807, 2.05) is 17.1 Å². The molecule has 0 saturated heterocycles. The average Bonchev–Trinajstić information content (AvgIpc) is 2.84. The first-order chi connectivity index (χ1) is 7.34. The molecule has 0 aromatic carbocycles. The molecule has 15 heavy (non-hydrogen) atoms. The summed E-state index contributed by atoms with van der Waals surface area (Å²) >= 11 is 1.71. The Morgan fingerprint density at radius 3 is 3.13 bits per heavy atom. The lowest BCUT2D eigenvalue weighted by Gasteiger charge is -1.99. The van der Waals surface area contributed by atoms with Crippen molar-refractivity contribution in [3.05, 3.63) is 24.7 Å². The number of aromatic nitrogens is 4. The van der Waals surface area contributed by atoms with E-state index in [-0.39, 0.29) is 0 Å². The third-order valence-electron chi connectivity index (χ3n) is 1.90. The van der Waals surface area contributed by atoms with Gasteiger partial charge in [-0.1, -0.05) is 11.8 Å². The van der Waals surface area contributed by atoms with E-state index in [1.54, 1.807) is 24.0 Å². The monoisotopic (exact) mass is 223 g/mol. The number of hydrogen-bond donors (Lipinski definition) is 2. The number of aromatic amines is 1. The van der Waals surface area contributed by atoms with Crippen LogP contribution in [0, 0.1) is 0 Å². The molecule has 0 amide bonds. The van der Waals surface area contributed by atoms with Crippen LogP contribution in [-0.4, -0.2) is 25.5 Å². The molecule has 2 heterocycles. The van der Waals surface area contributed by atoms with Crippen LogP contribution in [0.3, 0.4) is 0 Å². The van der Waals surface area contributed by atoms with E-state index in [0.717, 1.165) is 23.9 Å². The van der Waals surface area contributed by atoms with Crippen LogP contribution >= 0.6 is 11.8 Å². The number of nitrogens with zero attached hydrogens (tertiary/aromatic N) is 3. The normalized spacial score (nSPS) is 10.7. The Kier molecular flexibility index (Phi) is 3.29. The molecule has 0 aliphatic heterocycles. The van der Waals surface area contributed by atoms with E-state index >= 15 is 0 Å². The third-order valence-corrected chi connectivity index (χ3v) is 2.89. The van der Waals surface area contributed by atoms with Crippen LogP contribution in [0.1, 0.15) is 6.42 Å². The van der Waals surface area contributed by atoms with Gasteiger partial charge >= 0.3 is 0 Å². The SMILES string of the molecule is Nc1ccn(CCCSc2ncc[nH]2)n1. The van der Waals surface area contributed by atoms with Crippen LogP contribution in [0.25, 0.3) is 0 Å². The molecule has 0 spiro atoms. The zero-order valence-electron chi connectivity index (χ0n) is 8.26. The van der Waals surface area contributed by atoms with Gasteiger partial charge in [-0.15, -0.1) is 0 Å². The quantitative estimate of drug-likeness (QED) is 0.593. The number of nitrogen functional groups attached to an aromatic ring is 1.